The maximum absolute atomic E-state index is 12.7. The van der Waals surface area contributed by atoms with E-state index in [2.05, 4.69) is 20.4 Å². The molecule has 1 N–H and O–H groups in total. The number of aliphatic hydroxyl groups is 1. The molecule has 0 bridgehead atoms. The minimum atomic E-state index is -0.190. The van der Waals surface area contributed by atoms with Gasteiger partial charge in [0.25, 0.3) is 0 Å². The van der Waals surface area contributed by atoms with E-state index in [1.165, 1.54) is 0 Å². The summed E-state index contributed by atoms with van der Waals surface area (Å²) in [6.07, 6.45) is 7.74. The number of carbonyl (C=O) groups is 2. The fourth-order valence-electron chi connectivity index (χ4n) is 6.86. The van der Waals surface area contributed by atoms with Gasteiger partial charge in [0.05, 0.1) is 0 Å². The average molecular weight is 328 g/mol. The number of Topliss-reactive ketones (excluding diaryl/α,β-unsaturated/α-hetero) is 2. The standard InChI is InChI=1S/C21H28O3/c1-4-12-11-17(23)21(3)9-7-14-13(18(12)21)5-6-15-19(24)16(22)8-10-20(14,15)2/h4,12-14,18,24H,1,5-11H2,2-3H3/t12-,13+,14-,18-,20+,21+/m0/s1. The van der Waals surface area contributed by atoms with Crippen molar-refractivity contribution in [1.82, 2.24) is 0 Å². The van der Waals surface area contributed by atoms with Gasteiger partial charge in [-0.15, -0.1) is 6.58 Å². The van der Waals surface area contributed by atoms with Crippen LogP contribution in [-0.4, -0.2) is 16.7 Å². The van der Waals surface area contributed by atoms with Crippen molar-refractivity contribution in [1.29, 1.82) is 0 Å². The number of fused-ring (bicyclic) bond motifs is 5. The lowest BCUT2D eigenvalue weighted by Crippen LogP contribution is -2.52. The van der Waals surface area contributed by atoms with Crippen LogP contribution in [0.25, 0.3) is 0 Å². The SMILES string of the molecule is C=C[C@H]1CC(=O)[C@@]2(C)CC[C@H]3[C@@H](CCC4=C(O)C(=O)CC[C@@]43C)[C@H]12. The fraction of sp³-hybridized carbons (Fsp3) is 0.714. The van der Waals surface area contributed by atoms with Crippen molar-refractivity contribution in [2.24, 2.45) is 34.5 Å². The maximum atomic E-state index is 12.7. The molecular formula is C21H28O3. The Kier molecular flexibility index (Phi) is 3.40. The first-order valence-corrected chi connectivity index (χ1v) is 9.44. The predicted molar refractivity (Wildman–Crippen MR) is 92.4 cm³/mol. The van der Waals surface area contributed by atoms with E-state index >= 15 is 0 Å². The second-order valence-electron chi connectivity index (χ2n) is 8.99. The van der Waals surface area contributed by atoms with E-state index in [1.807, 2.05) is 6.08 Å². The third-order valence-electron chi connectivity index (χ3n) is 8.17. The Balaban J connectivity index is 1.76. The highest BCUT2D eigenvalue weighted by molar-refractivity contribution is 5.95. The average Bonchev–Trinajstić information content (AvgIpc) is 2.82. The monoisotopic (exact) mass is 328 g/mol. The second kappa shape index (κ2) is 5.06. The Hall–Kier alpha value is -1.38. The van der Waals surface area contributed by atoms with Gasteiger partial charge in [0.1, 0.15) is 5.78 Å². The molecule has 0 aromatic heterocycles. The van der Waals surface area contributed by atoms with Crippen LogP contribution in [0.5, 0.6) is 0 Å². The highest BCUT2D eigenvalue weighted by Crippen LogP contribution is 2.66. The van der Waals surface area contributed by atoms with Gasteiger partial charge in [-0.1, -0.05) is 19.9 Å². The molecule has 0 aromatic rings. The molecule has 4 aliphatic rings. The van der Waals surface area contributed by atoms with Crippen LogP contribution in [-0.2, 0) is 9.59 Å². The van der Waals surface area contributed by atoms with Crippen LogP contribution in [0.2, 0.25) is 0 Å². The van der Waals surface area contributed by atoms with Crippen molar-refractivity contribution >= 4 is 11.6 Å². The second-order valence-corrected chi connectivity index (χ2v) is 8.99. The van der Waals surface area contributed by atoms with Crippen LogP contribution in [0.3, 0.4) is 0 Å². The van der Waals surface area contributed by atoms with E-state index in [0.717, 1.165) is 37.7 Å². The minimum absolute atomic E-state index is 0.0540. The molecule has 3 nitrogen and oxygen atoms in total. The maximum Gasteiger partial charge on any atom is 0.197 e. The van der Waals surface area contributed by atoms with Gasteiger partial charge in [0.2, 0.25) is 0 Å². The molecule has 4 aliphatic carbocycles. The Morgan fingerprint density at radius 1 is 1.12 bits per heavy atom. The highest BCUT2D eigenvalue weighted by atomic mass is 16.3. The normalized spacial score (nSPS) is 47.9. The molecule has 24 heavy (non-hydrogen) atoms. The predicted octanol–water partition coefficient (Wildman–Crippen LogP) is 4.39. The summed E-state index contributed by atoms with van der Waals surface area (Å²) in [6.45, 7) is 8.44. The summed E-state index contributed by atoms with van der Waals surface area (Å²) in [6, 6.07) is 0. The first-order chi connectivity index (χ1) is 11.3. The zero-order chi connectivity index (χ0) is 17.3. The lowest BCUT2D eigenvalue weighted by molar-refractivity contribution is -0.133. The first-order valence-electron chi connectivity index (χ1n) is 9.44. The number of aliphatic hydroxyl groups excluding tert-OH is 1. The Morgan fingerprint density at radius 2 is 1.88 bits per heavy atom. The zero-order valence-electron chi connectivity index (χ0n) is 14.8. The van der Waals surface area contributed by atoms with Crippen LogP contribution in [0, 0.1) is 34.5 Å². The molecule has 4 rings (SSSR count). The summed E-state index contributed by atoms with van der Waals surface area (Å²) >= 11 is 0. The number of hydrogen-bond donors (Lipinski definition) is 1. The number of ketones is 2. The molecule has 0 amide bonds. The van der Waals surface area contributed by atoms with Crippen LogP contribution < -0.4 is 0 Å². The van der Waals surface area contributed by atoms with Gasteiger partial charge in [-0.05, 0) is 66.8 Å². The Morgan fingerprint density at radius 3 is 2.58 bits per heavy atom. The minimum Gasteiger partial charge on any atom is -0.504 e. The fourth-order valence-corrected chi connectivity index (χ4v) is 6.86. The Bertz CT molecular complexity index is 660. The van der Waals surface area contributed by atoms with E-state index in [-0.39, 0.29) is 22.4 Å². The molecule has 0 heterocycles. The lowest BCUT2D eigenvalue weighted by atomic mass is 9.46. The van der Waals surface area contributed by atoms with Crippen molar-refractivity contribution in [2.45, 2.75) is 58.8 Å². The van der Waals surface area contributed by atoms with Crippen molar-refractivity contribution in [3.8, 4) is 0 Å². The van der Waals surface area contributed by atoms with Gasteiger partial charge >= 0.3 is 0 Å². The summed E-state index contributed by atoms with van der Waals surface area (Å²) in [5, 5.41) is 10.4. The molecule has 3 saturated carbocycles. The molecule has 0 saturated heterocycles. The van der Waals surface area contributed by atoms with E-state index in [1.54, 1.807) is 0 Å². The molecule has 3 heteroatoms. The quantitative estimate of drug-likeness (QED) is 0.727. The molecule has 0 unspecified atom stereocenters. The van der Waals surface area contributed by atoms with Gasteiger partial charge in [0, 0.05) is 18.3 Å². The summed E-state index contributed by atoms with van der Waals surface area (Å²) < 4.78 is 0. The lowest BCUT2D eigenvalue weighted by Gasteiger charge is -2.57. The topological polar surface area (TPSA) is 54.4 Å². The molecule has 0 radical (unpaired) electrons. The van der Waals surface area contributed by atoms with E-state index in [9.17, 15) is 14.7 Å². The zero-order valence-corrected chi connectivity index (χ0v) is 14.8. The van der Waals surface area contributed by atoms with Gasteiger partial charge in [-0.25, -0.2) is 0 Å². The van der Waals surface area contributed by atoms with Gasteiger partial charge in [-0.3, -0.25) is 9.59 Å². The van der Waals surface area contributed by atoms with Crippen LogP contribution >= 0.6 is 0 Å². The van der Waals surface area contributed by atoms with E-state index in [4.69, 9.17) is 0 Å². The van der Waals surface area contributed by atoms with Gasteiger partial charge < -0.3 is 5.11 Å². The largest absolute Gasteiger partial charge is 0.504 e. The first kappa shape index (κ1) is 16.1. The molecule has 130 valence electrons. The smallest absolute Gasteiger partial charge is 0.197 e. The number of carbonyl (C=O) groups excluding carboxylic acids is 2. The molecular weight excluding hydrogens is 300 g/mol. The van der Waals surface area contributed by atoms with Crippen molar-refractivity contribution < 1.29 is 14.7 Å². The third kappa shape index (κ3) is 1.84. The molecule has 6 atom stereocenters. The molecule has 3 fully saturated rings. The third-order valence-corrected chi connectivity index (χ3v) is 8.17. The van der Waals surface area contributed by atoms with E-state index < -0.39 is 0 Å². The van der Waals surface area contributed by atoms with E-state index in [0.29, 0.717) is 42.3 Å². The number of rotatable bonds is 1. The highest BCUT2D eigenvalue weighted by Gasteiger charge is 2.61. The summed E-state index contributed by atoms with van der Waals surface area (Å²) in [5.74, 6) is 2.06. The molecule has 0 spiro atoms. The molecule has 0 aliphatic heterocycles. The Labute approximate surface area is 144 Å². The van der Waals surface area contributed by atoms with Gasteiger partial charge in [0.15, 0.2) is 11.5 Å². The van der Waals surface area contributed by atoms with Crippen molar-refractivity contribution in [2.75, 3.05) is 0 Å². The van der Waals surface area contributed by atoms with Crippen molar-refractivity contribution in [3.63, 3.8) is 0 Å². The van der Waals surface area contributed by atoms with Gasteiger partial charge in [-0.2, -0.15) is 0 Å². The van der Waals surface area contributed by atoms with Crippen LogP contribution in [0.4, 0.5) is 0 Å². The van der Waals surface area contributed by atoms with Crippen molar-refractivity contribution in [3.05, 3.63) is 24.0 Å². The number of hydrogen-bond acceptors (Lipinski definition) is 3. The van der Waals surface area contributed by atoms with Crippen LogP contribution in [0.1, 0.15) is 58.8 Å². The van der Waals surface area contributed by atoms with Crippen LogP contribution in [0.15, 0.2) is 24.0 Å². The molecule has 0 aromatic carbocycles. The summed E-state index contributed by atoms with van der Waals surface area (Å²) in [7, 11) is 0. The summed E-state index contributed by atoms with van der Waals surface area (Å²) in [5.41, 5.74) is 0.743. The summed E-state index contributed by atoms with van der Waals surface area (Å²) in [4.78, 5) is 24.7. The number of allylic oxidation sites excluding steroid dienone is 2.